The van der Waals surface area contributed by atoms with Crippen molar-refractivity contribution < 1.29 is 24.0 Å². The monoisotopic (exact) mass is 544 g/mol. The van der Waals surface area contributed by atoms with Crippen LogP contribution in [0.5, 0.6) is 11.5 Å². The SMILES string of the molecule is COc1cccc(/C=C2\SC(=O)N(Cc3ccccc3[N+](=O)[O-])C2=O)c1OCc1ccc(Cl)cc1Cl. The van der Waals surface area contributed by atoms with Gasteiger partial charge >= 0.3 is 0 Å². The Morgan fingerprint density at radius 1 is 1.06 bits per heavy atom. The van der Waals surface area contributed by atoms with Gasteiger partial charge in [-0.05, 0) is 36.0 Å². The maximum absolute atomic E-state index is 13.1. The van der Waals surface area contributed by atoms with Gasteiger partial charge in [0, 0.05) is 32.8 Å². The third-order valence-corrected chi connectivity index (χ3v) is 6.79. The smallest absolute Gasteiger partial charge is 0.293 e. The number of thioether (sulfide) groups is 1. The van der Waals surface area contributed by atoms with E-state index in [9.17, 15) is 19.7 Å². The van der Waals surface area contributed by atoms with Gasteiger partial charge in [0.2, 0.25) is 0 Å². The molecule has 0 aromatic heterocycles. The Balaban J connectivity index is 1.61. The van der Waals surface area contributed by atoms with Gasteiger partial charge in [0.05, 0.1) is 23.5 Å². The number of ether oxygens (including phenoxy) is 2. The number of nitro benzene ring substituents is 1. The molecule has 1 aliphatic heterocycles. The lowest BCUT2D eigenvalue weighted by atomic mass is 10.1. The van der Waals surface area contributed by atoms with Crippen molar-refractivity contribution in [2.75, 3.05) is 7.11 Å². The molecule has 1 saturated heterocycles. The molecular formula is C25H18Cl2N2O6S. The van der Waals surface area contributed by atoms with Crippen molar-refractivity contribution in [3.8, 4) is 11.5 Å². The van der Waals surface area contributed by atoms with Crippen LogP contribution in [0.15, 0.2) is 65.6 Å². The highest BCUT2D eigenvalue weighted by atomic mass is 35.5. The molecule has 0 aliphatic carbocycles. The van der Waals surface area contributed by atoms with E-state index in [0.717, 1.165) is 16.7 Å². The average Bonchev–Trinajstić information content (AvgIpc) is 3.11. The summed E-state index contributed by atoms with van der Waals surface area (Å²) in [6.45, 7) is -0.105. The topological polar surface area (TPSA) is 99.0 Å². The molecule has 2 amide bonds. The quantitative estimate of drug-likeness (QED) is 0.176. The third-order valence-electron chi connectivity index (χ3n) is 5.29. The molecule has 3 aromatic carbocycles. The third kappa shape index (κ3) is 5.48. The Morgan fingerprint density at radius 2 is 1.83 bits per heavy atom. The molecule has 1 fully saturated rings. The molecule has 0 radical (unpaired) electrons. The minimum absolute atomic E-state index is 0.108. The predicted molar refractivity (Wildman–Crippen MR) is 138 cm³/mol. The maximum Gasteiger partial charge on any atom is 0.293 e. The number of hydrogen-bond acceptors (Lipinski definition) is 7. The number of imide groups is 1. The van der Waals surface area contributed by atoms with Gasteiger partial charge in [0.1, 0.15) is 6.61 Å². The first-order valence-electron chi connectivity index (χ1n) is 10.5. The molecule has 1 aliphatic rings. The van der Waals surface area contributed by atoms with E-state index in [1.807, 2.05) is 0 Å². The summed E-state index contributed by atoms with van der Waals surface area (Å²) in [4.78, 5) is 37.6. The summed E-state index contributed by atoms with van der Waals surface area (Å²) in [5, 5.41) is 11.7. The number of rotatable bonds is 8. The molecule has 0 bridgehead atoms. The van der Waals surface area contributed by atoms with Crippen molar-refractivity contribution in [1.82, 2.24) is 4.90 Å². The van der Waals surface area contributed by atoms with Crippen LogP contribution in [-0.4, -0.2) is 28.1 Å². The number of amides is 2. The normalized spacial score (nSPS) is 14.4. The van der Waals surface area contributed by atoms with Crippen molar-refractivity contribution >= 4 is 57.9 Å². The van der Waals surface area contributed by atoms with Crippen LogP contribution in [-0.2, 0) is 17.9 Å². The van der Waals surface area contributed by atoms with Gasteiger partial charge in [-0.1, -0.05) is 59.6 Å². The van der Waals surface area contributed by atoms with E-state index in [0.29, 0.717) is 32.7 Å². The number of nitrogens with zero attached hydrogens (tertiary/aromatic N) is 2. The first kappa shape index (κ1) is 25.6. The second kappa shape index (κ2) is 11.0. The van der Waals surface area contributed by atoms with Crippen LogP contribution in [0.3, 0.4) is 0 Å². The van der Waals surface area contributed by atoms with Crippen molar-refractivity contribution in [2.24, 2.45) is 0 Å². The molecule has 0 atom stereocenters. The molecular weight excluding hydrogens is 527 g/mol. The van der Waals surface area contributed by atoms with Crippen LogP contribution in [0.2, 0.25) is 10.0 Å². The highest BCUT2D eigenvalue weighted by Crippen LogP contribution is 2.39. The summed E-state index contributed by atoms with van der Waals surface area (Å²) in [5.41, 5.74) is 1.31. The Hall–Kier alpha value is -3.53. The number of para-hydroxylation sites is 2. The number of carbonyl (C=O) groups is 2. The maximum atomic E-state index is 13.1. The number of methoxy groups -OCH3 is 1. The molecule has 36 heavy (non-hydrogen) atoms. The molecule has 4 rings (SSSR count). The Morgan fingerprint density at radius 3 is 2.56 bits per heavy atom. The zero-order valence-electron chi connectivity index (χ0n) is 18.8. The number of carbonyl (C=O) groups excluding carboxylic acids is 2. The van der Waals surface area contributed by atoms with E-state index < -0.39 is 16.1 Å². The summed E-state index contributed by atoms with van der Waals surface area (Å²) in [5.74, 6) is 0.224. The van der Waals surface area contributed by atoms with Crippen LogP contribution in [0.25, 0.3) is 6.08 Å². The van der Waals surface area contributed by atoms with E-state index in [2.05, 4.69) is 0 Å². The number of halogens is 2. The van der Waals surface area contributed by atoms with E-state index in [4.69, 9.17) is 32.7 Å². The molecule has 0 unspecified atom stereocenters. The second-order valence-corrected chi connectivity index (χ2v) is 9.39. The van der Waals surface area contributed by atoms with Gasteiger partial charge in [-0.25, -0.2) is 0 Å². The molecule has 1 heterocycles. The summed E-state index contributed by atoms with van der Waals surface area (Å²) < 4.78 is 11.4. The van der Waals surface area contributed by atoms with Crippen LogP contribution in [0, 0.1) is 10.1 Å². The van der Waals surface area contributed by atoms with E-state index >= 15 is 0 Å². The van der Waals surface area contributed by atoms with Crippen molar-refractivity contribution in [1.29, 1.82) is 0 Å². The lowest BCUT2D eigenvalue weighted by Crippen LogP contribution is -2.27. The highest BCUT2D eigenvalue weighted by Gasteiger charge is 2.36. The van der Waals surface area contributed by atoms with Crippen LogP contribution in [0.4, 0.5) is 10.5 Å². The van der Waals surface area contributed by atoms with Gasteiger partial charge in [-0.2, -0.15) is 0 Å². The lowest BCUT2D eigenvalue weighted by molar-refractivity contribution is -0.385. The van der Waals surface area contributed by atoms with E-state index in [1.165, 1.54) is 31.4 Å². The number of benzene rings is 3. The number of hydrogen-bond donors (Lipinski definition) is 0. The van der Waals surface area contributed by atoms with E-state index in [-0.39, 0.29) is 29.3 Å². The Labute approximate surface area is 220 Å². The average molecular weight is 545 g/mol. The first-order chi connectivity index (χ1) is 17.3. The molecule has 184 valence electrons. The summed E-state index contributed by atoms with van der Waals surface area (Å²) in [7, 11) is 1.49. The molecule has 8 nitrogen and oxygen atoms in total. The van der Waals surface area contributed by atoms with Crippen LogP contribution >= 0.6 is 35.0 Å². The Bertz CT molecular complexity index is 1390. The lowest BCUT2D eigenvalue weighted by Gasteiger charge is -2.15. The van der Waals surface area contributed by atoms with Crippen LogP contribution in [0.1, 0.15) is 16.7 Å². The molecule has 0 N–H and O–H groups in total. The van der Waals surface area contributed by atoms with Crippen molar-refractivity contribution in [2.45, 2.75) is 13.2 Å². The fourth-order valence-corrected chi connectivity index (χ4v) is 4.81. The minimum atomic E-state index is -0.558. The highest BCUT2D eigenvalue weighted by molar-refractivity contribution is 8.18. The molecule has 0 spiro atoms. The summed E-state index contributed by atoms with van der Waals surface area (Å²) >= 11 is 13.0. The molecule has 0 saturated carbocycles. The van der Waals surface area contributed by atoms with Gasteiger partial charge in [-0.3, -0.25) is 24.6 Å². The van der Waals surface area contributed by atoms with Gasteiger partial charge < -0.3 is 9.47 Å². The first-order valence-corrected chi connectivity index (χ1v) is 12.1. The fourth-order valence-electron chi connectivity index (χ4n) is 3.52. The zero-order chi connectivity index (χ0) is 25.8. The zero-order valence-corrected chi connectivity index (χ0v) is 21.1. The Kier molecular flexibility index (Phi) is 7.83. The van der Waals surface area contributed by atoms with Gasteiger partial charge in [0.25, 0.3) is 16.8 Å². The fraction of sp³-hybridized carbons (Fsp3) is 0.120. The van der Waals surface area contributed by atoms with Crippen LogP contribution < -0.4 is 9.47 Å². The molecule has 11 heteroatoms. The van der Waals surface area contributed by atoms with Gasteiger partial charge in [0.15, 0.2) is 11.5 Å². The summed E-state index contributed by atoms with van der Waals surface area (Å²) in [6, 6.07) is 16.2. The summed E-state index contributed by atoms with van der Waals surface area (Å²) in [6.07, 6.45) is 1.53. The molecule has 3 aromatic rings. The standard InChI is InChI=1S/C25H18Cl2N2O6S/c1-34-21-8-4-6-15(23(21)35-14-17-9-10-18(26)12-19(17)27)11-22-24(30)28(25(31)36-22)13-16-5-2-3-7-20(16)29(32)33/h2-12H,13-14H2,1H3/b22-11-. The largest absolute Gasteiger partial charge is 0.493 e. The van der Waals surface area contributed by atoms with Crippen molar-refractivity contribution in [3.63, 3.8) is 0 Å². The van der Waals surface area contributed by atoms with Gasteiger partial charge in [-0.15, -0.1) is 0 Å². The number of nitro groups is 1. The predicted octanol–water partition coefficient (Wildman–Crippen LogP) is 6.73. The van der Waals surface area contributed by atoms with Crippen molar-refractivity contribution in [3.05, 3.63) is 102 Å². The minimum Gasteiger partial charge on any atom is -0.493 e. The second-order valence-electron chi connectivity index (χ2n) is 7.56. The van der Waals surface area contributed by atoms with E-state index in [1.54, 1.807) is 42.5 Å².